The van der Waals surface area contributed by atoms with Crippen molar-refractivity contribution in [2.45, 2.75) is 24.3 Å². The Morgan fingerprint density at radius 3 is 1.97 bits per heavy atom. The summed E-state index contributed by atoms with van der Waals surface area (Å²) in [4.78, 5) is 13.4. The van der Waals surface area contributed by atoms with Gasteiger partial charge in [-0.25, -0.2) is 8.78 Å². The number of rotatable bonds is 6. The van der Waals surface area contributed by atoms with Gasteiger partial charge in [-0.05, 0) is 65.2 Å². The molecule has 1 amide bonds. The second-order valence-electron chi connectivity index (χ2n) is 8.75. The van der Waals surface area contributed by atoms with Crippen LogP contribution in [0.4, 0.5) is 35.1 Å². The van der Waals surface area contributed by atoms with E-state index >= 15 is 0 Å². The number of hydrogen-bond acceptors (Lipinski definition) is 1. The largest absolute Gasteiger partial charge is 0.416 e. The molecule has 39 heavy (non-hydrogen) atoms. The normalized spacial score (nSPS) is 13.5. The third kappa shape index (κ3) is 6.27. The molecule has 0 aromatic heterocycles. The molecule has 4 rings (SSSR count). The molecule has 0 saturated heterocycles. The molecule has 4 aromatic carbocycles. The van der Waals surface area contributed by atoms with Crippen LogP contribution in [0.3, 0.4) is 0 Å². The third-order valence-electron chi connectivity index (χ3n) is 6.08. The minimum absolute atomic E-state index is 0.0202. The maximum Gasteiger partial charge on any atom is 0.416 e. The van der Waals surface area contributed by atoms with Gasteiger partial charge in [-0.15, -0.1) is 0 Å². The maximum absolute atomic E-state index is 14.6. The van der Waals surface area contributed by atoms with Crippen LogP contribution in [0.5, 0.6) is 0 Å². The summed E-state index contributed by atoms with van der Waals surface area (Å²) in [7, 11) is 0. The summed E-state index contributed by atoms with van der Waals surface area (Å²) in [5.74, 6) is -3.16. The number of amides is 1. The Labute approximate surface area is 217 Å². The summed E-state index contributed by atoms with van der Waals surface area (Å²) in [5, 5.41) is 2.55. The predicted octanol–water partition coefficient (Wildman–Crippen LogP) is 7.72. The van der Waals surface area contributed by atoms with Gasteiger partial charge in [0, 0.05) is 18.1 Å². The van der Waals surface area contributed by atoms with E-state index in [0.29, 0.717) is 17.7 Å². The molecule has 0 aliphatic heterocycles. The minimum atomic E-state index is -4.96. The van der Waals surface area contributed by atoms with E-state index in [1.165, 1.54) is 6.07 Å². The van der Waals surface area contributed by atoms with Crippen molar-refractivity contribution in [3.8, 4) is 0 Å². The number of alkyl halides is 6. The van der Waals surface area contributed by atoms with Gasteiger partial charge < -0.3 is 5.32 Å². The highest BCUT2D eigenvalue weighted by Crippen LogP contribution is 2.39. The molecule has 0 saturated carbocycles. The minimum Gasteiger partial charge on any atom is -0.338 e. The van der Waals surface area contributed by atoms with E-state index in [1.807, 2.05) is 0 Å². The van der Waals surface area contributed by atoms with E-state index in [9.17, 15) is 39.9 Å². The van der Waals surface area contributed by atoms with Gasteiger partial charge in [0.25, 0.3) is 5.91 Å². The van der Waals surface area contributed by atoms with Crippen LogP contribution in [-0.2, 0) is 24.3 Å². The second-order valence-corrected chi connectivity index (χ2v) is 8.75. The van der Waals surface area contributed by atoms with Crippen molar-refractivity contribution in [3.63, 3.8) is 0 Å². The van der Waals surface area contributed by atoms with Gasteiger partial charge in [0.1, 0.15) is 11.6 Å². The molecule has 0 heterocycles. The molecule has 0 bridgehead atoms. The summed E-state index contributed by atoms with van der Waals surface area (Å²) < 4.78 is 109. The van der Waals surface area contributed by atoms with Gasteiger partial charge in [-0.3, -0.25) is 4.79 Å². The Balaban J connectivity index is 1.97. The number of hydrogen-bond donors (Lipinski definition) is 1. The van der Waals surface area contributed by atoms with Crippen LogP contribution in [0.1, 0.15) is 38.2 Å². The molecular formula is C29H18F8NO. The van der Waals surface area contributed by atoms with E-state index in [1.54, 1.807) is 30.3 Å². The molecule has 0 fully saturated rings. The second kappa shape index (κ2) is 10.5. The molecule has 1 N–H and O–H groups in total. The Kier molecular flexibility index (Phi) is 7.50. The van der Waals surface area contributed by atoms with Gasteiger partial charge in [-0.2, -0.15) is 26.3 Å². The van der Waals surface area contributed by atoms with Crippen LogP contribution in [0, 0.1) is 17.7 Å². The van der Waals surface area contributed by atoms with Crippen molar-refractivity contribution in [2.75, 3.05) is 0 Å². The SMILES string of the molecule is O=C(N[C@](Cc1ccccc1)(c1c[c]c(F)cc1)c1cc(F)cc(C(F)(F)F)c1)c1cccc(C(F)(F)F)c1. The summed E-state index contributed by atoms with van der Waals surface area (Å²) in [5.41, 5.74) is -4.77. The third-order valence-corrected chi connectivity index (χ3v) is 6.08. The van der Waals surface area contributed by atoms with Crippen molar-refractivity contribution in [2.24, 2.45) is 0 Å². The summed E-state index contributed by atoms with van der Waals surface area (Å²) in [6.07, 6.45) is -10.00. The summed E-state index contributed by atoms with van der Waals surface area (Å²) in [6.45, 7) is 0. The Bertz CT molecular complexity index is 1460. The number of carbonyl (C=O) groups is 1. The van der Waals surface area contributed by atoms with Crippen LogP contribution < -0.4 is 5.32 Å². The van der Waals surface area contributed by atoms with E-state index in [2.05, 4.69) is 11.4 Å². The zero-order valence-corrected chi connectivity index (χ0v) is 19.8. The van der Waals surface area contributed by atoms with Gasteiger partial charge in [-0.1, -0.05) is 42.5 Å². The molecule has 201 valence electrons. The lowest BCUT2D eigenvalue weighted by atomic mass is 9.77. The first-order valence-electron chi connectivity index (χ1n) is 11.4. The predicted molar refractivity (Wildman–Crippen MR) is 126 cm³/mol. The fourth-order valence-electron chi connectivity index (χ4n) is 4.24. The smallest absolute Gasteiger partial charge is 0.338 e. The van der Waals surface area contributed by atoms with Crippen molar-refractivity contribution in [1.82, 2.24) is 5.32 Å². The molecule has 1 atom stereocenters. The average molecular weight is 548 g/mol. The lowest BCUT2D eigenvalue weighted by Gasteiger charge is -2.37. The van der Waals surface area contributed by atoms with Gasteiger partial charge in [0.15, 0.2) is 0 Å². The maximum atomic E-state index is 14.6. The molecule has 4 aromatic rings. The van der Waals surface area contributed by atoms with E-state index in [-0.39, 0.29) is 23.6 Å². The zero-order chi connectivity index (χ0) is 28.4. The molecule has 0 aliphatic rings. The van der Waals surface area contributed by atoms with Gasteiger partial charge >= 0.3 is 12.4 Å². The van der Waals surface area contributed by atoms with Gasteiger partial charge in [0.2, 0.25) is 0 Å². The highest BCUT2D eigenvalue weighted by molar-refractivity contribution is 5.95. The number of nitrogens with one attached hydrogen (secondary N) is 1. The van der Waals surface area contributed by atoms with Crippen molar-refractivity contribution >= 4 is 5.91 Å². The average Bonchev–Trinajstić information content (AvgIpc) is 2.88. The first-order valence-corrected chi connectivity index (χ1v) is 11.4. The molecule has 0 unspecified atom stereocenters. The lowest BCUT2D eigenvalue weighted by Crippen LogP contribution is -2.49. The molecule has 0 spiro atoms. The monoisotopic (exact) mass is 548 g/mol. The topological polar surface area (TPSA) is 29.1 Å². The molecule has 0 aliphatic carbocycles. The van der Waals surface area contributed by atoms with Crippen LogP contribution in [0.25, 0.3) is 0 Å². The number of carbonyl (C=O) groups excluding carboxylic acids is 1. The van der Waals surface area contributed by atoms with E-state index in [4.69, 9.17) is 0 Å². The van der Waals surface area contributed by atoms with Crippen molar-refractivity contribution in [1.29, 1.82) is 0 Å². The fourth-order valence-corrected chi connectivity index (χ4v) is 4.24. The standard InChI is InChI=1S/C29H18F8NO/c30-24-11-9-20(10-12-24)27(17-18-5-2-1-3-6-18,22-14-23(29(35,36)37)16-25(31)15-22)38-26(39)19-7-4-8-21(13-19)28(32,33)34/h1-11,13-16H,17H2,(H,38,39)/t27-/m1/s1. The highest BCUT2D eigenvalue weighted by Gasteiger charge is 2.40. The Hall–Kier alpha value is -4.21. The van der Waals surface area contributed by atoms with Crippen LogP contribution in [-0.4, -0.2) is 5.91 Å². The Morgan fingerprint density at radius 2 is 1.36 bits per heavy atom. The highest BCUT2D eigenvalue weighted by atomic mass is 19.4. The quantitative estimate of drug-likeness (QED) is 0.246. The molecule has 2 nitrogen and oxygen atoms in total. The molecule has 10 heteroatoms. The van der Waals surface area contributed by atoms with Crippen molar-refractivity contribution in [3.05, 3.63) is 142 Å². The van der Waals surface area contributed by atoms with Crippen LogP contribution in [0.15, 0.2) is 91.0 Å². The van der Waals surface area contributed by atoms with Crippen LogP contribution >= 0.6 is 0 Å². The van der Waals surface area contributed by atoms with Crippen molar-refractivity contribution < 1.29 is 39.9 Å². The summed E-state index contributed by atoms with van der Waals surface area (Å²) in [6, 6.07) is 18.8. The fraction of sp³-hybridized carbons (Fsp3) is 0.138. The lowest BCUT2D eigenvalue weighted by molar-refractivity contribution is -0.138. The first kappa shape index (κ1) is 27.8. The Morgan fingerprint density at radius 1 is 0.692 bits per heavy atom. The number of halogens is 8. The molecular weight excluding hydrogens is 530 g/mol. The number of benzene rings is 4. The zero-order valence-electron chi connectivity index (χ0n) is 19.8. The summed E-state index contributed by atoms with van der Waals surface area (Å²) >= 11 is 0. The van der Waals surface area contributed by atoms with Gasteiger partial charge in [0.05, 0.1) is 16.7 Å². The van der Waals surface area contributed by atoms with E-state index < -0.39 is 52.1 Å². The van der Waals surface area contributed by atoms with Crippen LogP contribution in [0.2, 0.25) is 0 Å². The van der Waals surface area contributed by atoms with E-state index in [0.717, 1.165) is 36.4 Å². The first-order chi connectivity index (χ1) is 18.3. The molecule has 1 radical (unpaired) electrons.